The Morgan fingerprint density at radius 1 is 0.933 bits per heavy atom. The monoisotopic (exact) mass is 212 g/mol. The summed E-state index contributed by atoms with van der Waals surface area (Å²) in [4.78, 5) is 0. The highest BCUT2D eigenvalue weighted by molar-refractivity contribution is 5.83. The van der Waals surface area contributed by atoms with Gasteiger partial charge in [0.2, 0.25) is 0 Å². The Labute approximate surface area is 85.4 Å². The van der Waals surface area contributed by atoms with E-state index in [1.165, 1.54) is 0 Å². The van der Waals surface area contributed by atoms with E-state index in [2.05, 4.69) is 0 Å². The van der Waals surface area contributed by atoms with Crippen LogP contribution in [0.5, 0.6) is 17.2 Å². The number of aliphatic hydroxyl groups excluding tert-OH is 1. The number of phenolic OH excluding ortho intramolecular Hbond substituents is 3. The van der Waals surface area contributed by atoms with Gasteiger partial charge in [-0.05, 0) is 6.42 Å². The highest BCUT2D eigenvalue weighted by Gasteiger charge is 2.42. The fourth-order valence-corrected chi connectivity index (χ4v) is 1.61. The maximum Gasteiger partial charge on any atom is 0.183 e. The summed E-state index contributed by atoms with van der Waals surface area (Å²) in [6.07, 6.45) is -0.201. The normalized spacial score (nSPS) is 24.1. The molecule has 0 bridgehead atoms. The van der Waals surface area contributed by atoms with E-state index in [1.54, 1.807) is 0 Å². The first kappa shape index (κ1) is 9.72. The van der Waals surface area contributed by atoms with Crippen molar-refractivity contribution >= 4 is 11.4 Å². The summed E-state index contributed by atoms with van der Waals surface area (Å²) in [5, 5.41) is 37.8. The van der Waals surface area contributed by atoms with Crippen LogP contribution in [0.25, 0.3) is 0 Å². The van der Waals surface area contributed by atoms with E-state index in [1.807, 2.05) is 0 Å². The van der Waals surface area contributed by atoms with Crippen molar-refractivity contribution in [3.05, 3.63) is 5.56 Å². The summed E-state index contributed by atoms with van der Waals surface area (Å²) in [6, 6.07) is 0. The second-order valence-electron chi connectivity index (χ2n) is 3.70. The zero-order chi connectivity index (χ0) is 11.3. The molecule has 0 spiro atoms. The maximum absolute atomic E-state index is 9.62. The number of benzene rings is 1. The summed E-state index contributed by atoms with van der Waals surface area (Å²) in [7, 11) is 0. The van der Waals surface area contributed by atoms with Crippen LogP contribution in [0.3, 0.4) is 0 Å². The predicted octanol–water partition coefficient (Wildman–Crippen LogP) is -0.184. The highest BCUT2D eigenvalue weighted by atomic mass is 16.3. The summed E-state index contributed by atoms with van der Waals surface area (Å²) < 4.78 is 0. The number of aliphatic hydroxyl groups is 1. The van der Waals surface area contributed by atoms with E-state index in [9.17, 15) is 20.4 Å². The molecule has 0 aromatic heterocycles. The lowest BCUT2D eigenvalue weighted by molar-refractivity contribution is 0.269. The minimum absolute atomic E-state index is 0.0618. The Morgan fingerprint density at radius 3 is 1.87 bits per heavy atom. The molecule has 0 saturated heterocycles. The Kier molecular flexibility index (Phi) is 1.84. The van der Waals surface area contributed by atoms with Gasteiger partial charge in [-0.15, -0.1) is 0 Å². The molecule has 6 nitrogen and oxygen atoms in total. The summed E-state index contributed by atoms with van der Waals surface area (Å²) in [6.45, 7) is 0. The van der Waals surface area contributed by atoms with Crippen molar-refractivity contribution in [2.24, 2.45) is 0 Å². The largest absolute Gasteiger partial charge is 0.505 e. The molecule has 0 aliphatic heterocycles. The van der Waals surface area contributed by atoms with Crippen LogP contribution in [0.2, 0.25) is 0 Å². The number of nitrogen functional groups attached to an aromatic ring is 2. The molecule has 1 aliphatic rings. The van der Waals surface area contributed by atoms with Gasteiger partial charge in [-0.25, -0.2) is 0 Å². The fourth-order valence-electron chi connectivity index (χ4n) is 1.61. The third kappa shape index (κ3) is 1.22. The second kappa shape index (κ2) is 2.83. The van der Waals surface area contributed by atoms with Crippen LogP contribution < -0.4 is 11.5 Å². The van der Waals surface area contributed by atoms with Crippen LogP contribution in [0.15, 0.2) is 0 Å². The van der Waals surface area contributed by atoms with E-state index in [0.717, 1.165) is 0 Å². The van der Waals surface area contributed by atoms with Crippen LogP contribution in [0.4, 0.5) is 11.4 Å². The summed E-state index contributed by atoms with van der Waals surface area (Å²) >= 11 is 0. The van der Waals surface area contributed by atoms with Gasteiger partial charge in [0.1, 0.15) is 17.1 Å². The van der Waals surface area contributed by atoms with Crippen LogP contribution in [0.1, 0.15) is 17.9 Å². The lowest BCUT2D eigenvalue weighted by Crippen LogP contribution is -1.99. The third-order valence-electron chi connectivity index (χ3n) is 2.66. The molecule has 0 radical (unpaired) electrons. The molecule has 1 saturated carbocycles. The van der Waals surface area contributed by atoms with Gasteiger partial charge in [0.25, 0.3) is 0 Å². The van der Waals surface area contributed by atoms with Crippen molar-refractivity contribution in [2.75, 3.05) is 11.5 Å². The highest BCUT2D eigenvalue weighted by Crippen LogP contribution is 2.55. The molecule has 0 unspecified atom stereocenters. The first-order valence-electron chi connectivity index (χ1n) is 4.44. The van der Waals surface area contributed by atoms with Gasteiger partial charge in [0.15, 0.2) is 11.5 Å². The van der Waals surface area contributed by atoms with E-state index in [-0.39, 0.29) is 22.7 Å². The van der Waals surface area contributed by atoms with Crippen LogP contribution >= 0.6 is 0 Å². The number of rotatable bonds is 1. The molecule has 1 aromatic carbocycles. The number of phenols is 3. The average Bonchev–Trinajstić information content (AvgIpc) is 2.90. The number of hydrogen-bond acceptors (Lipinski definition) is 6. The fraction of sp³-hybridized carbons (Fsp3) is 0.333. The molecule has 15 heavy (non-hydrogen) atoms. The smallest absolute Gasteiger partial charge is 0.183 e. The molecule has 1 aliphatic carbocycles. The predicted molar refractivity (Wildman–Crippen MR) is 53.6 cm³/mol. The molecule has 1 aromatic rings. The van der Waals surface area contributed by atoms with Crippen molar-refractivity contribution in [3.63, 3.8) is 0 Å². The summed E-state index contributed by atoms with van der Waals surface area (Å²) in [5.74, 6) is -1.83. The quantitative estimate of drug-likeness (QED) is 0.217. The van der Waals surface area contributed by atoms with E-state index < -0.39 is 23.5 Å². The van der Waals surface area contributed by atoms with Crippen molar-refractivity contribution in [1.82, 2.24) is 0 Å². The van der Waals surface area contributed by atoms with E-state index in [0.29, 0.717) is 6.42 Å². The van der Waals surface area contributed by atoms with Gasteiger partial charge in [0, 0.05) is 11.5 Å². The zero-order valence-corrected chi connectivity index (χ0v) is 7.81. The molecular formula is C9H12N2O4. The topological polar surface area (TPSA) is 133 Å². The molecule has 6 heteroatoms. The first-order valence-corrected chi connectivity index (χ1v) is 4.44. The first-order chi connectivity index (χ1) is 6.95. The van der Waals surface area contributed by atoms with Crippen LogP contribution in [-0.2, 0) is 0 Å². The minimum Gasteiger partial charge on any atom is -0.505 e. The molecule has 1 fully saturated rings. The lowest BCUT2D eigenvalue weighted by Gasteiger charge is -2.13. The Hall–Kier alpha value is -1.82. The molecule has 0 amide bonds. The number of anilines is 2. The third-order valence-corrected chi connectivity index (χ3v) is 2.66. The van der Waals surface area contributed by atoms with Crippen molar-refractivity contribution in [2.45, 2.75) is 18.4 Å². The van der Waals surface area contributed by atoms with Gasteiger partial charge >= 0.3 is 0 Å². The maximum atomic E-state index is 9.62. The van der Waals surface area contributed by atoms with E-state index in [4.69, 9.17) is 11.5 Å². The van der Waals surface area contributed by atoms with Crippen molar-refractivity contribution < 1.29 is 20.4 Å². The Balaban J connectivity index is 2.64. The lowest BCUT2D eigenvalue weighted by atomic mass is 10.0. The Morgan fingerprint density at radius 2 is 1.40 bits per heavy atom. The molecule has 82 valence electrons. The zero-order valence-electron chi connectivity index (χ0n) is 7.81. The average molecular weight is 212 g/mol. The van der Waals surface area contributed by atoms with Gasteiger partial charge in [0.05, 0.1) is 6.10 Å². The van der Waals surface area contributed by atoms with Gasteiger partial charge in [-0.1, -0.05) is 0 Å². The van der Waals surface area contributed by atoms with Crippen LogP contribution in [-0.4, -0.2) is 26.5 Å². The number of hydrogen-bond donors (Lipinski definition) is 6. The molecule has 2 rings (SSSR count). The second-order valence-corrected chi connectivity index (χ2v) is 3.70. The minimum atomic E-state index is -0.621. The SMILES string of the molecule is Nc1c(N)c(O)c([C@@H]2C[C@@H]2O)c(O)c1O. The molecular weight excluding hydrogens is 200 g/mol. The van der Waals surface area contributed by atoms with Gasteiger partial charge < -0.3 is 31.9 Å². The van der Waals surface area contributed by atoms with Crippen LogP contribution in [0, 0.1) is 0 Å². The van der Waals surface area contributed by atoms with Gasteiger partial charge in [-0.3, -0.25) is 0 Å². The summed E-state index contributed by atoms with van der Waals surface area (Å²) in [5.41, 5.74) is 10.4. The standard InChI is InChI=1S/C9H12N2O4/c10-5-6(11)9(15)8(14)4(7(5)13)2-1-3(2)12/h2-3,12-15H,1,10-11H2/t2-,3+/m1/s1. The van der Waals surface area contributed by atoms with Crippen molar-refractivity contribution in [3.8, 4) is 17.2 Å². The molecule has 0 heterocycles. The Bertz CT molecular complexity index is 404. The van der Waals surface area contributed by atoms with Crippen molar-refractivity contribution in [1.29, 1.82) is 0 Å². The van der Waals surface area contributed by atoms with Gasteiger partial charge in [-0.2, -0.15) is 0 Å². The number of aromatic hydroxyl groups is 3. The van der Waals surface area contributed by atoms with E-state index >= 15 is 0 Å². The number of nitrogens with two attached hydrogens (primary N) is 2. The molecule has 2 atom stereocenters. The molecule has 8 N–H and O–H groups in total.